The van der Waals surface area contributed by atoms with Gasteiger partial charge in [-0.1, -0.05) is 30.3 Å². The average Bonchev–Trinajstić information content (AvgIpc) is 2.74. The third kappa shape index (κ3) is 1.34. The predicted molar refractivity (Wildman–Crippen MR) is 65.3 cm³/mol. The summed E-state index contributed by atoms with van der Waals surface area (Å²) in [7, 11) is 0. The molecule has 3 rings (SSSR count). The number of rotatable bonds is 1. The van der Waals surface area contributed by atoms with Gasteiger partial charge in [0, 0.05) is 5.69 Å². The summed E-state index contributed by atoms with van der Waals surface area (Å²) in [6, 6.07) is 16.5. The maximum Gasteiger partial charge on any atom is 0.165 e. The van der Waals surface area contributed by atoms with Gasteiger partial charge in [-0.2, -0.15) is 0 Å². The minimum absolute atomic E-state index is 0.601. The summed E-state index contributed by atoms with van der Waals surface area (Å²) in [6.45, 7) is 2.72. The lowest BCUT2D eigenvalue weighted by Crippen LogP contribution is -2.16. The minimum atomic E-state index is 0.601. The van der Waals surface area contributed by atoms with Crippen LogP contribution in [0.2, 0.25) is 0 Å². The summed E-state index contributed by atoms with van der Waals surface area (Å²) in [6.07, 6.45) is 0. The second-order valence-corrected chi connectivity index (χ2v) is 3.96. The second-order valence-electron chi connectivity index (χ2n) is 3.96. The van der Waals surface area contributed by atoms with Gasteiger partial charge in [-0.15, -0.1) is 0 Å². The Morgan fingerprint density at radius 2 is 1.62 bits per heavy atom. The highest BCUT2D eigenvalue weighted by atomic mass is 16.5. The molecule has 2 aromatic carbocycles. The van der Waals surface area contributed by atoms with Crippen LogP contribution in [0.3, 0.4) is 0 Å². The topological polar surface area (TPSA) is 12.5 Å². The molecule has 1 heterocycles. The fourth-order valence-corrected chi connectivity index (χ4v) is 2.07. The Balaban J connectivity index is 2.08. The van der Waals surface area contributed by atoms with Gasteiger partial charge in [0.05, 0.1) is 5.69 Å². The van der Waals surface area contributed by atoms with Crippen molar-refractivity contribution in [3.8, 4) is 5.75 Å². The van der Waals surface area contributed by atoms with Crippen LogP contribution in [0, 0.1) is 6.92 Å². The molecule has 0 unspecified atom stereocenters. The van der Waals surface area contributed by atoms with Crippen LogP contribution < -0.4 is 9.64 Å². The van der Waals surface area contributed by atoms with E-state index in [0.29, 0.717) is 6.73 Å². The molecule has 0 saturated heterocycles. The van der Waals surface area contributed by atoms with E-state index in [-0.39, 0.29) is 0 Å². The van der Waals surface area contributed by atoms with Crippen LogP contribution >= 0.6 is 0 Å². The minimum Gasteiger partial charge on any atom is -0.471 e. The van der Waals surface area contributed by atoms with Crippen LogP contribution in [0.15, 0.2) is 48.5 Å². The molecule has 0 N–H and O–H groups in total. The first-order chi connectivity index (χ1) is 7.86. The molecule has 16 heavy (non-hydrogen) atoms. The largest absolute Gasteiger partial charge is 0.471 e. The Kier molecular flexibility index (Phi) is 2.07. The molecule has 0 bridgehead atoms. The highest BCUT2D eigenvalue weighted by Crippen LogP contribution is 2.39. The number of benzene rings is 2. The van der Waals surface area contributed by atoms with Crippen molar-refractivity contribution >= 4 is 11.4 Å². The van der Waals surface area contributed by atoms with Crippen LogP contribution in [-0.2, 0) is 0 Å². The Labute approximate surface area is 95.1 Å². The third-order valence-electron chi connectivity index (χ3n) is 2.91. The molecule has 0 aliphatic carbocycles. The second kappa shape index (κ2) is 3.56. The van der Waals surface area contributed by atoms with E-state index in [1.54, 1.807) is 0 Å². The highest BCUT2D eigenvalue weighted by molar-refractivity contribution is 5.73. The molecule has 1 aliphatic heterocycles. The number of anilines is 2. The molecule has 2 aromatic rings. The summed E-state index contributed by atoms with van der Waals surface area (Å²) < 4.78 is 5.65. The number of ether oxygens (including phenoxy) is 1. The molecule has 0 saturated carbocycles. The van der Waals surface area contributed by atoms with Gasteiger partial charge < -0.3 is 9.64 Å². The van der Waals surface area contributed by atoms with Crippen LogP contribution in [0.4, 0.5) is 11.4 Å². The number of fused-ring (bicyclic) bond motifs is 1. The zero-order valence-corrected chi connectivity index (χ0v) is 9.18. The molecular weight excluding hydrogens is 198 g/mol. The first-order valence-corrected chi connectivity index (χ1v) is 5.41. The van der Waals surface area contributed by atoms with Crippen molar-refractivity contribution in [1.82, 2.24) is 0 Å². The lowest BCUT2D eigenvalue weighted by atomic mass is 10.1. The third-order valence-corrected chi connectivity index (χ3v) is 2.91. The smallest absolute Gasteiger partial charge is 0.165 e. The zero-order valence-electron chi connectivity index (χ0n) is 9.18. The Hall–Kier alpha value is -1.96. The molecule has 0 amide bonds. The van der Waals surface area contributed by atoms with E-state index < -0.39 is 0 Å². The van der Waals surface area contributed by atoms with Crippen LogP contribution in [0.1, 0.15) is 5.56 Å². The Morgan fingerprint density at radius 3 is 2.44 bits per heavy atom. The van der Waals surface area contributed by atoms with E-state index in [2.05, 4.69) is 42.2 Å². The van der Waals surface area contributed by atoms with Crippen molar-refractivity contribution < 1.29 is 4.74 Å². The molecule has 2 heteroatoms. The van der Waals surface area contributed by atoms with E-state index in [1.807, 2.05) is 18.2 Å². The van der Waals surface area contributed by atoms with Crippen molar-refractivity contribution in [2.24, 2.45) is 0 Å². The molecule has 2 nitrogen and oxygen atoms in total. The molecule has 0 aromatic heterocycles. The molecule has 1 aliphatic rings. The Bertz CT molecular complexity index is 522. The molecule has 0 radical (unpaired) electrons. The fraction of sp³-hybridized carbons (Fsp3) is 0.143. The fourth-order valence-electron chi connectivity index (χ4n) is 2.07. The Morgan fingerprint density at radius 1 is 0.938 bits per heavy atom. The molecule has 0 spiro atoms. The van der Waals surface area contributed by atoms with Crippen molar-refractivity contribution in [2.45, 2.75) is 6.92 Å². The van der Waals surface area contributed by atoms with Crippen LogP contribution in [-0.4, -0.2) is 6.73 Å². The highest BCUT2D eigenvalue weighted by Gasteiger charge is 2.21. The van der Waals surface area contributed by atoms with Gasteiger partial charge >= 0.3 is 0 Å². The van der Waals surface area contributed by atoms with Crippen molar-refractivity contribution in [3.63, 3.8) is 0 Å². The lowest BCUT2D eigenvalue weighted by Gasteiger charge is -2.18. The predicted octanol–water partition coefficient (Wildman–Crippen LogP) is 3.48. The van der Waals surface area contributed by atoms with Gasteiger partial charge in [0.1, 0.15) is 5.75 Å². The van der Waals surface area contributed by atoms with Gasteiger partial charge in [0.15, 0.2) is 6.73 Å². The van der Waals surface area contributed by atoms with Crippen molar-refractivity contribution in [2.75, 3.05) is 11.6 Å². The van der Waals surface area contributed by atoms with Gasteiger partial charge in [0.2, 0.25) is 0 Å². The number of para-hydroxylation sites is 3. The quantitative estimate of drug-likeness (QED) is 0.716. The van der Waals surface area contributed by atoms with E-state index in [4.69, 9.17) is 4.74 Å². The van der Waals surface area contributed by atoms with Gasteiger partial charge in [0.25, 0.3) is 0 Å². The molecular formula is C14H13NO. The van der Waals surface area contributed by atoms with E-state index in [0.717, 1.165) is 11.4 Å². The molecule has 0 atom stereocenters. The summed E-state index contributed by atoms with van der Waals surface area (Å²) in [5.41, 5.74) is 3.63. The van der Waals surface area contributed by atoms with Gasteiger partial charge in [-0.3, -0.25) is 0 Å². The van der Waals surface area contributed by atoms with E-state index >= 15 is 0 Å². The van der Waals surface area contributed by atoms with Gasteiger partial charge in [-0.25, -0.2) is 0 Å². The van der Waals surface area contributed by atoms with Gasteiger partial charge in [-0.05, 0) is 30.7 Å². The summed E-state index contributed by atoms with van der Waals surface area (Å²) >= 11 is 0. The normalized spacial score (nSPS) is 13.4. The first kappa shape index (κ1) is 9.28. The zero-order chi connectivity index (χ0) is 11.0. The lowest BCUT2D eigenvalue weighted by molar-refractivity contribution is 0.357. The van der Waals surface area contributed by atoms with Crippen molar-refractivity contribution in [3.05, 3.63) is 54.1 Å². The summed E-state index contributed by atoms with van der Waals surface area (Å²) in [4.78, 5) is 2.20. The maximum atomic E-state index is 5.65. The summed E-state index contributed by atoms with van der Waals surface area (Å²) in [5, 5.41) is 0. The average molecular weight is 211 g/mol. The number of nitrogens with zero attached hydrogens (tertiary/aromatic N) is 1. The van der Waals surface area contributed by atoms with Crippen molar-refractivity contribution in [1.29, 1.82) is 0 Å². The summed E-state index contributed by atoms with van der Waals surface area (Å²) in [5.74, 6) is 0.964. The number of hydrogen-bond donors (Lipinski definition) is 0. The number of aryl methyl sites for hydroxylation is 1. The molecule has 0 fully saturated rings. The maximum absolute atomic E-state index is 5.65. The number of hydrogen-bond acceptors (Lipinski definition) is 2. The van der Waals surface area contributed by atoms with Crippen LogP contribution in [0.5, 0.6) is 5.75 Å². The van der Waals surface area contributed by atoms with E-state index in [9.17, 15) is 0 Å². The SMILES string of the molecule is Cc1ccccc1N1COc2ccccc21. The standard InChI is InChI=1S/C14H13NO/c1-11-6-2-3-7-12(11)15-10-16-14-9-5-4-8-13(14)15/h2-9H,10H2,1H3. The first-order valence-electron chi connectivity index (χ1n) is 5.41. The van der Waals surface area contributed by atoms with Crippen LogP contribution in [0.25, 0.3) is 0 Å². The van der Waals surface area contributed by atoms with E-state index in [1.165, 1.54) is 11.3 Å². The monoisotopic (exact) mass is 211 g/mol. The molecule has 80 valence electrons.